The summed E-state index contributed by atoms with van der Waals surface area (Å²) in [5, 5.41) is 1.71. The van der Waals surface area contributed by atoms with E-state index in [0.29, 0.717) is 25.5 Å². The third-order valence-electron chi connectivity index (χ3n) is 7.14. The van der Waals surface area contributed by atoms with E-state index in [1.807, 2.05) is 0 Å². The second-order valence-electron chi connectivity index (χ2n) is 9.80. The van der Waals surface area contributed by atoms with Crippen molar-refractivity contribution < 1.29 is 31.9 Å². The molecule has 3 amide bonds. The average molecular weight is 693 g/mol. The smallest absolute Gasteiger partial charge is 0.325 e. The van der Waals surface area contributed by atoms with Crippen molar-refractivity contribution in [3.8, 4) is 0 Å². The molecule has 2 aliphatic rings. The van der Waals surface area contributed by atoms with E-state index in [2.05, 4.69) is 21.2 Å². The monoisotopic (exact) mass is 691 g/mol. The Kier molecular flexibility index (Phi) is 7.55. The van der Waals surface area contributed by atoms with Crippen LogP contribution in [0, 0.1) is 11.7 Å². The highest BCUT2D eigenvalue weighted by atomic mass is 79.9. The van der Waals surface area contributed by atoms with Crippen LogP contribution in [0.25, 0.3) is 0 Å². The Morgan fingerprint density at radius 3 is 2.37 bits per heavy atom. The number of carbonyl (C=O) groups is 3. The number of amides is 3. The summed E-state index contributed by atoms with van der Waals surface area (Å²) in [5.41, 5.74) is -0.808. The van der Waals surface area contributed by atoms with Gasteiger partial charge in [-0.15, -0.1) is 0 Å². The van der Waals surface area contributed by atoms with Gasteiger partial charge in [-0.1, -0.05) is 63.3 Å². The summed E-state index contributed by atoms with van der Waals surface area (Å²) in [5.74, 6) is -4.70. The first-order valence-electron chi connectivity index (χ1n) is 12.7. The number of aromatic nitrogens is 1. The number of thiazole rings is 1. The van der Waals surface area contributed by atoms with Gasteiger partial charge >= 0.3 is 11.0 Å². The molecule has 0 saturated carbocycles. The van der Waals surface area contributed by atoms with E-state index in [-0.39, 0.29) is 5.03 Å². The third kappa shape index (κ3) is 5.31. The van der Waals surface area contributed by atoms with Crippen molar-refractivity contribution in [2.24, 2.45) is 5.92 Å². The predicted octanol–water partition coefficient (Wildman–Crippen LogP) is 6.26. The van der Waals surface area contributed by atoms with Crippen LogP contribution in [-0.4, -0.2) is 27.5 Å². The van der Waals surface area contributed by atoms with Gasteiger partial charge in [-0.3, -0.25) is 23.7 Å². The number of nitrogens with one attached hydrogen (secondary N) is 1. The van der Waals surface area contributed by atoms with E-state index in [4.69, 9.17) is 0 Å². The van der Waals surface area contributed by atoms with Crippen LogP contribution in [0.1, 0.15) is 21.9 Å². The molecule has 14 heteroatoms. The van der Waals surface area contributed by atoms with Crippen molar-refractivity contribution >= 4 is 68.1 Å². The van der Waals surface area contributed by atoms with E-state index < -0.39 is 69.5 Å². The maximum Gasteiger partial charge on any atom is 0.418 e. The fourth-order valence-corrected chi connectivity index (χ4v) is 8.53. The van der Waals surface area contributed by atoms with Gasteiger partial charge in [0.2, 0.25) is 17.7 Å². The molecule has 0 spiro atoms. The van der Waals surface area contributed by atoms with Gasteiger partial charge in [0.25, 0.3) is 0 Å². The molecule has 220 valence electrons. The second kappa shape index (κ2) is 11.1. The molecule has 4 aromatic rings. The Labute approximate surface area is 257 Å². The molecule has 6 rings (SSSR count). The molecule has 1 saturated heterocycles. The van der Waals surface area contributed by atoms with Crippen LogP contribution < -0.4 is 15.1 Å². The van der Waals surface area contributed by atoms with E-state index in [1.54, 1.807) is 24.3 Å². The summed E-state index contributed by atoms with van der Waals surface area (Å²) in [4.78, 5) is 54.4. The number of hydrogen-bond donors (Lipinski definition) is 1. The number of fused-ring (bicyclic) bond motifs is 2. The van der Waals surface area contributed by atoms with Crippen molar-refractivity contribution in [2.45, 2.75) is 28.9 Å². The quantitative estimate of drug-likeness (QED) is 0.197. The van der Waals surface area contributed by atoms with Crippen LogP contribution in [0.2, 0.25) is 0 Å². The lowest BCUT2D eigenvalue weighted by Gasteiger charge is -2.30. The summed E-state index contributed by atoms with van der Waals surface area (Å²) >= 11 is 5.11. The lowest BCUT2D eigenvalue weighted by molar-refractivity contribution is -0.137. The minimum Gasteiger partial charge on any atom is -0.325 e. The molecule has 1 fully saturated rings. The number of para-hydroxylation sites is 1. The maximum absolute atomic E-state index is 13.9. The molecule has 2 aliphatic heterocycles. The molecule has 7 nitrogen and oxygen atoms in total. The zero-order chi connectivity index (χ0) is 30.6. The van der Waals surface area contributed by atoms with Gasteiger partial charge in [-0.2, -0.15) is 13.2 Å². The lowest BCUT2D eigenvalue weighted by Crippen LogP contribution is -2.33. The summed E-state index contributed by atoms with van der Waals surface area (Å²) in [6.45, 7) is -0.444. The van der Waals surface area contributed by atoms with Crippen LogP contribution in [0.5, 0.6) is 0 Å². The Balaban J connectivity index is 1.43. The molecule has 43 heavy (non-hydrogen) atoms. The van der Waals surface area contributed by atoms with Crippen LogP contribution in [-0.2, 0) is 27.1 Å². The molecular formula is C29H18BrF4N3O4S2. The molecule has 3 unspecified atom stereocenters. The number of anilines is 2. The van der Waals surface area contributed by atoms with Gasteiger partial charge in [0.05, 0.1) is 22.2 Å². The van der Waals surface area contributed by atoms with E-state index in [1.165, 1.54) is 28.8 Å². The minimum atomic E-state index is -4.82. The highest BCUT2D eigenvalue weighted by Crippen LogP contribution is 2.54. The van der Waals surface area contributed by atoms with Gasteiger partial charge in [-0.05, 0) is 54.1 Å². The van der Waals surface area contributed by atoms with Gasteiger partial charge in [0.15, 0.2) is 0 Å². The zero-order valence-electron chi connectivity index (χ0n) is 21.6. The number of nitrogens with zero attached hydrogens (tertiary/aromatic N) is 2. The Morgan fingerprint density at radius 1 is 0.953 bits per heavy atom. The first kappa shape index (κ1) is 29.3. The molecule has 3 atom stereocenters. The summed E-state index contributed by atoms with van der Waals surface area (Å²) in [7, 11) is 0. The van der Waals surface area contributed by atoms with Gasteiger partial charge in [-0.25, -0.2) is 9.29 Å². The molecule has 0 aliphatic carbocycles. The first-order valence-corrected chi connectivity index (χ1v) is 15.2. The molecule has 1 N–H and O–H groups in total. The van der Waals surface area contributed by atoms with E-state index in [0.717, 1.165) is 47.4 Å². The number of thioether (sulfide) groups is 1. The molecule has 0 bridgehead atoms. The highest BCUT2D eigenvalue weighted by Gasteiger charge is 2.57. The molecule has 1 aromatic heterocycles. The molecule has 3 aromatic carbocycles. The van der Waals surface area contributed by atoms with E-state index in [9.17, 15) is 36.7 Å². The van der Waals surface area contributed by atoms with Gasteiger partial charge < -0.3 is 5.32 Å². The largest absolute Gasteiger partial charge is 0.418 e. The van der Waals surface area contributed by atoms with Crippen molar-refractivity contribution in [1.29, 1.82) is 0 Å². The minimum absolute atomic E-state index is 0.280. The Bertz CT molecular complexity index is 1840. The number of halogens is 5. The van der Waals surface area contributed by atoms with Gasteiger partial charge in [0, 0.05) is 21.0 Å². The number of hydrogen-bond acceptors (Lipinski definition) is 6. The zero-order valence-corrected chi connectivity index (χ0v) is 24.8. The summed E-state index contributed by atoms with van der Waals surface area (Å²) < 4.78 is 56.9. The third-order valence-corrected chi connectivity index (χ3v) is 10.2. The average Bonchev–Trinajstić information content (AvgIpc) is 3.39. The number of rotatable bonds is 5. The highest BCUT2D eigenvalue weighted by molar-refractivity contribution is 9.10. The van der Waals surface area contributed by atoms with Crippen molar-refractivity contribution in [3.05, 3.63) is 109 Å². The SMILES string of the molecule is O=C(Cn1c2c(sc1=O)C(c1cccc(Br)c1)C1C(=O)N(c3ccccc3C(F)(F)F)C(=O)C1S2)Nc1ccc(F)cc1. The Morgan fingerprint density at radius 2 is 1.67 bits per heavy atom. The summed E-state index contributed by atoms with van der Waals surface area (Å²) in [6, 6.07) is 16.3. The standard InChI is InChI=1S/C29H18BrF4N3O4S2/c30-15-5-3-4-14(12-15)21-22-23(26(40)37(25(22)39)19-7-2-1-6-18(19)29(32,33)34)42-27-24(21)43-28(41)36(27)13-20(38)35-17-10-8-16(31)9-11-17/h1-12,21-23H,13H2,(H,35,38). The maximum atomic E-state index is 13.9. The normalized spacial score (nSPS) is 19.7. The topological polar surface area (TPSA) is 88.5 Å². The second-order valence-corrected chi connectivity index (χ2v) is 12.8. The van der Waals surface area contributed by atoms with Crippen molar-refractivity contribution in [3.63, 3.8) is 0 Å². The number of imide groups is 1. The van der Waals surface area contributed by atoms with Gasteiger partial charge in [0.1, 0.15) is 17.6 Å². The molecular weight excluding hydrogens is 674 g/mol. The number of alkyl halides is 3. The molecule has 0 radical (unpaired) electrons. The van der Waals surface area contributed by atoms with Crippen LogP contribution in [0.3, 0.4) is 0 Å². The fraction of sp³-hybridized carbons (Fsp3) is 0.172. The Hall–Kier alpha value is -3.75. The van der Waals surface area contributed by atoms with Crippen LogP contribution in [0.4, 0.5) is 28.9 Å². The number of carbonyl (C=O) groups excluding carboxylic acids is 3. The molecule has 3 heterocycles. The number of benzene rings is 3. The van der Waals surface area contributed by atoms with E-state index >= 15 is 0 Å². The van der Waals surface area contributed by atoms with Crippen LogP contribution >= 0.6 is 39.0 Å². The predicted molar refractivity (Wildman–Crippen MR) is 157 cm³/mol. The summed E-state index contributed by atoms with van der Waals surface area (Å²) in [6.07, 6.45) is -4.82. The van der Waals surface area contributed by atoms with Crippen LogP contribution in [0.15, 0.2) is 87.1 Å². The lowest BCUT2D eigenvalue weighted by atomic mass is 9.83. The van der Waals surface area contributed by atoms with Crippen molar-refractivity contribution in [2.75, 3.05) is 10.2 Å². The van der Waals surface area contributed by atoms with Crippen molar-refractivity contribution in [1.82, 2.24) is 4.57 Å². The first-order chi connectivity index (χ1) is 20.4. The fourth-order valence-electron chi connectivity index (χ4n) is 5.34.